The van der Waals surface area contributed by atoms with Crippen molar-refractivity contribution in [3.05, 3.63) is 64.2 Å². The molecule has 0 aliphatic carbocycles. The summed E-state index contributed by atoms with van der Waals surface area (Å²) >= 11 is 3.64. The lowest BCUT2D eigenvalue weighted by molar-refractivity contribution is 0.463. The Kier molecular flexibility index (Phi) is 7.16. The number of rotatable bonds is 0. The number of phenolic OH excluding ortho intramolecular Hbond substituents is 3. The molecule has 0 radical (unpaired) electrons. The predicted octanol–water partition coefficient (Wildman–Crippen LogP) is 7.92. The van der Waals surface area contributed by atoms with Crippen molar-refractivity contribution < 1.29 is 15.3 Å². The van der Waals surface area contributed by atoms with Crippen molar-refractivity contribution in [1.82, 2.24) is 0 Å². The summed E-state index contributed by atoms with van der Waals surface area (Å²) in [6, 6.07) is 11.9. The van der Waals surface area contributed by atoms with Crippen LogP contribution in [0.15, 0.2) is 36.4 Å². The molecule has 0 atom stereocenters. The maximum Gasteiger partial charge on any atom is 0.131 e. The van der Waals surface area contributed by atoms with Crippen LogP contribution in [0.1, 0.15) is 55.0 Å². The highest BCUT2D eigenvalue weighted by Crippen LogP contribution is 2.48. The van der Waals surface area contributed by atoms with E-state index in [9.17, 15) is 15.3 Å². The number of fused-ring (bicyclic) bond motifs is 8. The van der Waals surface area contributed by atoms with Gasteiger partial charge in [0, 0.05) is 44.9 Å². The minimum atomic E-state index is -0.186. The van der Waals surface area contributed by atoms with Gasteiger partial charge in [0.1, 0.15) is 17.2 Å². The maximum atomic E-state index is 11.6. The van der Waals surface area contributed by atoms with Gasteiger partial charge in [-0.05, 0) is 78.1 Å². The van der Waals surface area contributed by atoms with E-state index in [0.29, 0.717) is 22.3 Å². The zero-order valence-corrected chi connectivity index (χ0v) is 22.3. The molecular weight excluding hydrogens is 460 g/mol. The average Bonchev–Trinajstić information content (AvgIpc) is 2.76. The highest BCUT2D eigenvalue weighted by Gasteiger charge is 2.24. The molecule has 6 bridgehead atoms. The fourth-order valence-electron chi connectivity index (χ4n) is 4.44. The van der Waals surface area contributed by atoms with E-state index in [4.69, 9.17) is 0 Å². The molecule has 3 aromatic carbocycles. The van der Waals surface area contributed by atoms with Crippen LogP contribution in [0.25, 0.3) is 22.3 Å². The third kappa shape index (κ3) is 5.06. The molecule has 0 saturated heterocycles. The van der Waals surface area contributed by atoms with Gasteiger partial charge in [-0.2, -0.15) is 23.5 Å². The SMILES string of the molecule is Cc1cc2c(O)c(c1)-c1cc(C(C)(C)C)cc(c1O)-c1cc(C)cc(c1O)CSCCCSC2. The van der Waals surface area contributed by atoms with E-state index in [2.05, 4.69) is 20.8 Å². The Hall–Kier alpha value is -2.24. The van der Waals surface area contributed by atoms with Gasteiger partial charge in [0.05, 0.1) is 0 Å². The first-order valence-electron chi connectivity index (χ1n) is 11.7. The molecule has 180 valence electrons. The minimum Gasteiger partial charge on any atom is -0.507 e. The molecule has 0 aromatic heterocycles. The molecule has 1 heterocycles. The summed E-state index contributed by atoms with van der Waals surface area (Å²) in [5.74, 6) is 4.01. The molecule has 1 aliphatic heterocycles. The van der Waals surface area contributed by atoms with Crippen molar-refractivity contribution in [2.45, 2.75) is 58.0 Å². The van der Waals surface area contributed by atoms with Crippen LogP contribution < -0.4 is 0 Å². The number of phenols is 3. The number of benzene rings is 3. The van der Waals surface area contributed by atoms with Gasteiger partial charge in [-0.25, -0.2) is 0 Å². The second-order valence-corrected chi connectivity index (χ2v) is 12.5. The van der Waals surface area contributed by atoms with Gasteiger partial charge in [-0.1, -0.05) is 32.9 Å². The van der Waals surface area contributed by atoms with Gasteiger partial charge in [0.15, 0.2) is 0 Å². The lowest BCUT2D eigenvalue weighted by atomic mass is 9.82. The molecule has 34 heavy (non-hydrogen) atoms. The fourth-order valence-corrected chi connectivity index (χ4v) is 6.49. The summed E-state index contributed by atoms with van der Waals surface area (Å²) < 4.78 is 0. The van der Waals surface area contributed by atoms with Crippen LogP contribution >= 0.6 is 23.5 Å². The molecule has 0 fully saturated rings. The molecule has 3 nitrogen and oxygen atoms in total. The van der Waals surface area contributed by atoms with E-state index in [0.717, 1.165) is 57.2 Å². The van der Waals surface area contributed by atoms with Gasteiger partial charge >= 0.3 is 0 Å². The molecular formula is C29H34O3S2. The van der Waals surface area contributed by atoms with Crippen molar-refractivity contribution >= 4 is 23.5 Å². The minimum absolute atomic E-state index is 0.0825. The average molecular weight is 495 g/mol. The third-order valence-corrected chi connectivity index (χ3v) is 8.50. The van der Waals surface area contributed by atoms with Crippen molar-refractivity contribution in [2.24, 2.45) is 0 Å². The second-order valence-electron chi connectivity index (χ2n) is 10.3. The van der Waals surface area contributed by atoms with E-state index >= 15 is 0 Å². The first-order valence-corrected chi connectivity index (χ1v) is 14.1. The molecule has 5 heteroatoms. The highest BCUT2D eigenvalue weighted by molar-refractivity contribution is 7.99. The molecule has 3 N–H and O–H groups in total. The smallest absolute Gasteiger partial charge is 0.131 e. The predicted molar refractivity (Wildman–Crippen MR) is 147 cm³/mol. The Balaban J connectivity index is 2.06. The Morgan fingerprint density at radius 1 is 0.618 bits per heavy atom. The quantitative estimate of drug-likeness (QED) is 0.296. The zero-order valence-electron chi connectivity index (χ0n) is 20.7. The fraction of sp³-hybridized carbons (Fsp3) is 0.379. The van der Waals surface area contributed by atoms with Crippen LogP contribution in [-0.2, 0) is 16.9 Å². The number of hydrogen-bond acceptors (Lipinski definition) is 5. The van der Waals surface area contributed by atoms with Gasteiger partial charge in [-0.3, -0.25) is 0 Å². The van der Waals surface area contributed by atoms with Gasteiger partial charge in [0.25, 0.3) is 0 Å². The van der Waals surface area contributed by atoms with E-state index in [-0.39, 0.29) is 22.7 Å². The van der Waals surface area contributed by atoms with Crippen molar-refractivity contribution in [3.63, 3.8) is 0 Å². The first kappa shape index (κ1) is 24.9. The molecule has 3 aromatic rings. The van der Waals surface area contributed by atoms with Crippen LogP contribution in [0, 0.1) is 13.8 Å². The monoisotopic (exact) mass is 494 g/mol. The topological polar surface area (TPSA) is 60.7 Å². The molecule has 0 amide bonds. The summed E-state index contributed by atoms with van der Waals surface area (Å²) in [6.07, 6.45) is 1.07. The first-order chi connectivity index (χ1) is 16.1. The van der Waals surface area contributed by atoms with E-state index in [1.54, 1.807) is 0 Å². The van der Waals surface area contributed by atoms with Crippen molar-refractivity contribution in [3.8, 4) is 39.5 Å². The zero-order chi connectivity index (χ0) is 24.6. The molecule has 0 spiro atoms. The maximum absolute atomic E-state index is 11.6. The van der Waals surface area contributed by atoms with E-state index in [1.807, 2.05) is 73.8 Å². The van der Waals surface area contributed by atoms with Crippen LogP contribution in [0.3, 0.4) is 0 Å². The number of aromatic hydroxyl groups is 3. The summed E-state index contributed by atoms with van der Waals surface area (Å²) in [5.41, 5.74) is 7.18. The number of hydrogen-bond donors (Lipinski definition) is 3. The molecule has 0 unspecified atom stereocenters. The van der Waals surface area contributed by atoms with E-state index in [1.165, 1.54) is 0 Å². The van der Waals surface area contributed by atoms with E-state index < -0.39 is 0 Å². The lowest BCUT2D eigenvalue weighted by Gasteiger charge is -2.24. The number of aryl methyl sites for hydroxylation is 2. The van der Waals surface area contributed by atoms with Crippen molar-refractivity contribution in [2.75, 3.05) is 11.5 Å². The summed E-state index contributed by atoms with van der Waals surface area (Å²) in [6.45, 7) is 10.5. The Bertz CT molecular complexity index is 1140. The summed E-state index contributed by atoms with van der Waals surface area (Å²) in [7, 11) is 0. The second kappa shape index (κ2) is 9.79. The molecule has 4 rings (SSSR count). The van der Waals surface area contributed by atoms with Gasteiger partial charge in [0.2, 0.25) is 0 Å². The molecule has 1 aliphatic rings. The number of thioether (sulfide) groups is 2. The standard InChI is InChI=1S/C29H34O3S2/c1-17-9-19-15-33-7-6-8-34-16-20-10-18(2)12-23(27(20)31)25-14-21(29(3,4)5)13-24(28(25)32)22(11-17)26(19)30/h9-14,30-32H,6-8,15-16H2,1-5H3. The van der Waals surface area contributed by atoms with Crippen LogP contribution in [-0.4, -0.2) is 26.8 Å². The lowest BCUT2D eigenvalue weighted by Crippen LogP contribution is -2.11. The normalized spacial score (nSPS) is 14.7. The van der Waals surface area contributed by atoms with Crippen LogP contribution in [0.5, 0.6) is 17.2 Å². The Morgan fingerprint density at radius 2 is 1.03 bits per heavy atom. The van der Waals surface area contributed by atoms with Gasteiger partial charge in [-0.15, -0.1) is 0 Å². The molecule has 0 saturated carbocycles. The van der Waals surface area contributed by atoms with Crippen LogP contribution in [0.4, 0.5) is 0 Å². The summed E-state index contributed by atoms with van der Waals surface area (Å²) in [5, 5.41) is 34.1. The Labute approximate surface area is 211 Å². The van der Waals surface area contributed by atoms with Crippen LogP contribution in [0.2, 0.25) is 0 Å². The largest absolute Gasteiger partial charge is 0.507 e. The third-order valence-electron chi connectivity index (χ3n) is 6.32. The Morgan fingerprint density at radius 3 is 1.44 bits per heavy atom. The summed E-state index contributed by atoms with van der Waals surface area (Å²) in [4.78, 5) is 0. The van der Waals surface area contributed by atoms with Gasteiger partial charge < -0.3 is 15.3 Å². The van der Waals surface area contributed by atoms with Crippen molar-refractivity contribution in [1.29, 1.82) is 0 Å². The highest BCUT2D eigenvalue weighted by atomic mass is 32.2.